The predicted octanol–water partition coefficient (Wildman–Crippen LogP) is 4.17. The first-order valence-electron chi connectivity index (χ1n) is 8.28. The van der Waals surface area contributed by atoms with E-state index in [-0.39, 0.29) is 5.76 Å². The second kappa shape index (κ2) is 7.86. The van der Waals surface area contributed by atoms with Gasteiger partial charge in [0.15, 0.2) is 0 Å². The van der Waals surface area contributed by atoms with Crippen LogP contribution in [0.3, 0.4) is 0 Å². The minimum Gasteiger partial charge on any atom is -0.463 e. The SMILES string of the molecule is COC(=O)c1ccc(CN(CCc2ccc(Cl)cc2)CC2CC2)o1. The summed E-state index contributed by atoms with van der Waals surface area (Å²) in [4.78, 5) is 13.9. The van der Waals surface area contributed by atoms with Crippen molar-refractivity contribution in [3.63, 3.8) is 0 Å². The van der Waals surface area contributed by atoms with Crippen LogP contribution in [0.1, 0.15) is 34.7 Å². The summed E-state index contributed by atoms with van der Waals surface area (Å²) < 4.78 is 10.3. The fraction of sp³-hybridized carbons (Fsp3) is 0.421. The van der Waals surface area contributed by atoms with Crippen LogP contribution >= 0.6 is 11.6 Å². The van der Waals surface area contributed by atoms with Crippen LogP contribution in [-0.2, 0) is 17.7 Å². The second-order valence-electron chi connectivity index (χ2n) is 6.31. The van der Waals surface area contributed by atoms with Gasteiger partial charge in [0.2, 0.25) is 5.76 Å². The van der Waals surface area contributed by atoms with Crippen LogP contribution in [0.2, 0.25) is 5.02 Å². The topological polar surface area (TPSA) is 42.7 Å². The molecule has 1 aromatic carbocycles. The van der Waals surface area contributed by atoms with Crippen LogP contribution in [0.25, 0.3) is 0 Å². The number of halogens is 1. The third-order valence-electron chi connectivity index (χ3n) is 4.27. The number of carbonyl (C=O) groups excluding carboxylic acids is 1. The molecule has 0 saturated heterocycles. The maximum Gasteiger partial charge on any atom is 0.373 e. The zero-order valence-electron chi connectivity index (χ0n) is 13.8. The van der Waals surface area contributed by atoms with Crippen LogP contribution in [0.5, 0.6) is 0 Å². The van der Waals surface area contributed by atoms with Gasteiger partial charge in [0, 0.05) is 18.1 Å². The van der Waals surface area contributed by atoms with Crippen molar-refractivity contribution in [2.75, 3.05) is 20.2 Å². The van der Waals surface area contributed by atoms with E-state index in [1.165, 1.54) is 25.5 Å². The summed E-state index contributed by atoms with van der Waals surface area (Å²) >= 11 is 5.94. The molecule has 3 rings (SSSR count). The van der Waals surface area contributed by atoms with Crippen molar-refractivity contribution in [2.24, 2.45) is 5.92 Å². The molecule has 5 heteroatoms. The van der Waals surface area contributed by atoms with E-state index in [1.54, 1.807) is 6.07 Å². The number of hydrogen-bond donors (Lipinski definition) is 0. The Kier molecular flexibility index (Phi) is 5.59. The lowest BCUT2D eigenvalue weighted by Gasteiger charge is -2.21. The highest BCUT2D eigenvalue weighted by atomic mass is 35.5. The molecule has 2 aromatic rings. The Morgan fingerprint density at radius 1 is 1.25 bits per heavy atom. The van der Waals surface area contributed by atoms with Crippen LogP contribution in [0.15, 0.2) is 40.8 Å². The molecule has 0 N–H and O–H groups in total. The molecule has 0 atom stereocenters. The van der Waals surface area contributed by atoms with Gasteiger partial charge in [-0.15, -0.1) is 0 Å². The van der Waals surface area contributed by atoms with Crippen LogP contribution in [-0.4, -0.2) is 31.1 Å². The molecular formula is C19H22ClNO3. The second-order valence-corrected chi connectivity index (χ2v) is 6.75. The van der Waals surface area contributed by atoms with Gasteiger partial charge in [-0.3, -0.25) is 4.90 Å². The first kappa shape index (κ1) is 17.1. The van der Waals surface area contributed by atoms with Crippen molar-refractivity contribution in [1.82, 2.24) is 4.90 Å². The zero-order chi connectivity index (χ0) is 16.9. The maximum atomic E-state index is 11.5. The van der Waals surface area contributed by atoms with E-state index in [0.29, 0.717) is 6.54 Å². The van der Waals surface area contributed by atoms with Gasteiger partial charge in [0.1, 0.15) is 5.76 Å². The van der Waals surface area contributed by atoms with Crippen molar-refractivity contribution < 1.29 is 13.9 Å². The van der Waals surface area contributed by atoms with Gasteiger partial charge < -0.3 is 9.15 Å². The molecule has 0 amide bonds. The fourth-order valence-electron chi connectivity index (χ4n) is 2.73. The van der Waals surface area contributed by atoms with E-state index >= 15 is 0 Å². The molecule has 0 spiro atoms. The summed E-state index contributed by atoms with van der Waals surface area (Å²) in [5.74, 6) is 1.42. The number of carbonyl (C=O) groups is 1. The number of nitrogens with zero attached hydrogens (tertiary/aromatic N) is 1. The van der Waals surface area contributed by atoms with Gasteiger partial charge in [-0.05, 0) is 55.0 Å². The molecule has 0 unspecified atom stereocenters. The van der Waals surface area contributed by atoms with Crippen LogP contribution in [0.4, 0.5) is 0 Å². The molecular weight excluding hydrogens is 326 g/mol. The van der Waals surface area contributed by atoms with Gasteiger partial charge >= 0.3 is 5.97 Å². The summed E-state index contributed by atoms with van der Waals surface area (Å²) in [7, 11) is 1.36. The van der Waals surface area contributed by atoms with E-state index in [1.807, 2.05) is 18.2 Å². The van der Waals surface area contributed by atoms with E-state index in [0.717, 1.165) is 36.2 Å². The summed E-state index contributed by atoms with van der Waals surface area (Å²) in [5.41, 5.74) is 1.27. The van der Waals surface area contributed by atoms with E-state index < -0.39 is 5.97 Å². The Morgan fingerprint density at radius 3 is 2.67 bits per heavy atom. The molecule has 1 heterocycles. The Morgan fingerprint density at radius 2 is 2.00 bits per heavy atom. The Bertz CT molecular complexity index is 676. The number of furan rings is 1. The number of benzene rings is 1. The summed E-state index contributed by atoms with van der Waals surface area (Å²) in [6.07, 6.45) is 3.58. The Hall–Kier alpha value is -1.78. The lowest BCUT2D eigenvalue weighted by atomic mass is 10.1. The van der Waals surface area contributed by atoms with Gasteiger partial charge in [-0.25, -0.2) is 4.79 Å². The average molecular weight is 348 g/mol. The molecule has 24 heavy (non-hydrogen) atoms. The Labute approximate surface area is 147 Å². The number of ether oxygens (including phenoxy) is 1. The summed E-state index contributed by atoms with van der Waals surface area (Å²) in [5, 5.41) is 0.763. The fourth-order valence-corrected chi connectivity index (χ4v) is 2.86. The number of hydrogen-bond acceptors (Lipinski definition) is 4. The quantitative estimate of drug-likeness (QED) is 0.672. The number of methoxy groups -OCH3 is 1. The summed E-state index contributed by atoms with van der Waals surface area (Å²) in [6.45, 7) is 2.73. The lowest BCUT2D eigenvalue weighted by Crippen LogP contribution is -2.27. The minimum atomic E-state index is -0.434. The van der Waals surface area contributed by atoms with Gasteiger partial charge in [-0.2, -0.15) is 0 Å². The monoisotopic (exact) mass is 347 g/mol. The molecule has 1 aliphatic rings. The zero-order valence-corrected chi connectivity index (χ0v) is 14.6. The standard InChI is InChI=1S/C19H22ClNO3/c1-23-19(22)18-9-8-17(24-18)13-21(12-15-2-3-15)11-10-14-4-6-16(20)7-5-14/h4-9,15H,2-3,10-13H2,1H3. The minimum absolute atomic E-state index is 0.261. The molecule has 128 valence electrons. The third-order valence-corrected chi connectivity index (χ3v) is 4.52. The first-order chi connectivity index (χ1) is 11.6. The smallest absolute Gasteiger partial charge is 0.373 e. The molecule has 0 bridgehead atoms. The lowest BCUT2D eigenvalue weighted by molar-refractivity contribution is 0.0561. The van der Waals surface area contributed by atoms with Crippen molar-refractivity contribution in [3.8, 4) is 0 Å². The van der Waals surface area contributed by atoms with Gasteiger partial charge in [0.25, 0.3) is 0 Å². The van der Waals surface area contributed by atoms with E-state index in [2.05, 4.69) is 21.8 Å². The predicted molar refractivity (Wildman–Crippen MR) is 93.2 cm³/mol. The van der Waals surface area contributed by atoms with E-state index in [9.17, 15) is 4.79 Å². The van der Waals surface area contributed by atoms with Gasteiger partial charge in [-0.1, -0.05) is 23.7 Å². The molecule has 1 aliphatic carbocycles. The van der Waals surface area contributed by atoms with Crippen molar-refractivity contribution >= 4 is 17.6 Å². The van der Waals surface area contributed by atoms with Crippen molar-refractivity contribution in [3.05, 3.63) is 58.5 Å². The number of esters is 1. The molecule has 4 nitrogen and oxygen atoms in total. The molecule has 0 aliphatic heterocycles. The maximum absolute atomic E-state index is 11.5. The molecule has 1 fully saturated rings. The average Bonchev–Trinajstić information content (AvgIpc) is 3.28. The van der Waals surface area contributed by atoms with Crippen LogP contribution < -0.4 is 0 Å². The normalized spacial score (nSPS) is 14.1. The Balaban J connectivity index is 1.59. The van der Waals surface area contributed by atoms with Crippen LogP contribution in [0, 0.1) is 5.92 Å². The first-order valence-corrected chi connectivity index (χ1v) is 8.65. The molecule has 1 aromatic heterocycles. The van der Waals surface area contributed by atoms with Crippen molar-refractivity contribution in [1.29, 1.82) is 0 Å². The summed E-state index contributed by atoms with van der Waals surface area (Å²) in [6, 6.07) is 11.5. The third kappa shape index (κ3) is 4.86. The highest BCUT2D eigenvalue weighted by molar-refractivity contribution is 6.30. The highest BCUT2D eigenvalue weighted by Gasteiger charge is 2.25. The van der Waals surface area contributed by atoms with Crippen molar-refractivity contribution in [2.45, 2.75) is 25.8 Å². The molecule has 1 saturated carbocycles. The van der Waals surface area contributed by atoms with Gasteiger partial charge in [0.05, 0.1) is 13.7 Å². The van der Waals surface area contributed by atoms with E-state index in [4.69, 9.17) is 16.0 Å². The molecule has 0 radical (unpaired) electrons. The highest BCUT2D eigenvalue weighted by Crippen LogP contribution is 2.30. The largest absolute Gasteiger partial charge is 0.463 e. The number of rotatable bonds is 8.